The highest BCUT2D eigenvalue weighted by molar-refractivity contribution is 5.99. The number of nitrogens with zero attached hydrogens (tertiary/aromatic N) is 3. The second kappa shape index (κ2) is 12.1. The summed E-state index contributed by atoms with van der Waals surface area (Å²) in [5.74, 6) is -1.69. The van der Waals surface area contributed by atoms with Crippen LogP contribution in [0.1, 0.15) is 80.1 Å². The van der Waals surface area contributed by atoms with E-state index >= 15 is 0 Å². The summed E-state index contributed by atoms with van der Waals surface area (Å²) in [4.78, 5) is 48.0. The summed E-state index contributed by atoms with van der Waals surface area (Å²) in [5, 5.41) is 9.42. The van der Waals surface area contributed by atoms with Gasteiger partial charge in [0.15, 0.2) is 0 Å². The van der Waals surface area contributed by atoms with Crippen LogP contribution in [-0.4, -0.2) is 93.6 Å². The Bertz CT molecular complexity index is 941. The normalized spacial score (nSPS) is 28.0. The van der Waals surface area contributed by atoms with E-state index in [4.69, 9.17) is 4.74 Å². The summed E-state index contributed by atoms with van der Waals surface area (Å²) in [6.45, 7) is 22.1. The lowest BCUT2D eigenvalue weighted by Gasteiger charge is -2.45. The molecule has 220 valence electrons. The van der Waals surface area contributed by atoms with Gasteiger partial charge in [-0.05, 0) is 57.8 Å². The molecule has 3 aliphatic heterocycles. The summed E-state index contributed by atoms with van der Waals surface area (Å²) in [6, 6.07) is -0.810. The zero-order chi connectivity index (χ0) is 29.2. The Hall–Kier alpha value is -2.19. The average Bonchev–Trinajstić information content (AvgIpc) is 3.48. The van der Waals surface area contributed by atoms with Gasteiger partial charge in [-0.25, -0.2) is 0 Å². The van der Waals surface area contributed by atoms with Gasteiger partial charge in [0, 0.05) is 38.3 Å². The highest BCUT2D eigenvalue weighted by atomic mass is 16.5. The first-order valence-electron chi connectivity index (χ1n) is 14.7. The lowest BCUT2D eigenvalue weighted by molar-refractivity contribution is -0.153. The predicted octanol–water partition coefficient (Wildman–Crippen LogP) is 3.79. The van der Waals surface area contributed by atoms with E-state index in [0.717, 1.165) is 12.8 Å². The number of hydrogen-bond acceptors (Lipinski definition) is 5. The van der Waals surface area contributed by atoms with Gasteiger partial charge in [0.05, 0.1) is 17.9 Å². The van der Waals surface area contributed by atoms with E-state index in [2.05, 4.69) is 47.8 Å². The van der Waals surface area contributed by atoms with Gasteiger partial charge in [0.2, 0.25) is 17.7 Å². The SMILES string of the molecule is C=CCN(CCC)C(=O)[C@@H]1[C@H]2C(=O)N(CCCCO)C(C(=O)N(CC=C)C(C)(C)CC(C)(C)C)C23CC[C@H]1O3. The van der Waals surface area contributed by atoms with Gasteiger partial charge in [-0.2, -0.15) is 0 Å². The van der Waals surface area contributed by atoms with Crippen molar-refractivity contribution in [2.24, 2.45) is 17.3 Å². The van der Waals surface area contributed by atoms with Crippen LogP contribution >= 0.6 is 0 Å². The van der Waals surface area contributed by atoms with E-state index in [0.29, 0.717) is 51.9 Å². The molecule has 3 saturated heterocycles. The van der Waals surface area contributed by atoms with Crippen LogP contribution in [0.4, 0.5) is 0 Å². The van der Waals surface area contributed by atoms with E-state index in [1.54, 1.807) is 22.0 Å². The molecule has 0 aromatic carbocycles. The number of amides is 3. The van der Waals surface area contributed by atoms with Crippen LogP contribution in [0.25, 0.3) is 0 Å². The quantitative estimate of drug-likeness (QED) is 0.265. The minimum Gasteiger partial charge on any atom is -0.396 e. The van der Waals surface area contributed by atoms with E-state index in [9.17, 15) is 19.5 Å². The van der Waals surface area contributed by atoms with Crippen molar-refractivity contribution in [3.05, 3.63) is 25.3 Å². The van der Waals surface area contributed by atoms with Crippen molar-refractivity contribution in [3.8, 4) is 0 Å². The van der Waals surface area contributed by atoms with Crippen molar-refractivity contribution in [2.75, 3.05) is 32.8 Å². The molecule has 0 aliphatic carbocycles. The number of likely N-dealkylation sites (tertiary alicyclic amines) is 1. The zero-order valence-electron chi connectivity index (χ0n) is 25.1. The first-order chi connectivity index (χ1) is 18.3. The number of rotatable bonds is 14. The van der Waals surface area contributed by atoms with Crippen LogP contribution in [-0.2, 0) is 19.1 Å². The van der Waals surface area contributed by atoms with Gasteiger partial charge < -0.3 is 24.5 Å². The molecule has 3 aliphatic rings. The molecule has 1 N–H and O–H groups in total. The molecular formula is C31H51N3O5. The number of hydrogen-bond donors (Lipinski definition) is 1. The highest BCUT2D eigenvalue weighted by Gasteiger charge is 2.75. The monoisotopic (exact) mass is 545 g/mol. The maximum absolute atomic E-state index is 14.6. The summed E-state index contributed by atoms with van der Waals surface area (Å²) in [7, 11) is 0. The number of aliphatic hydroxyl groups is 1. The molecule has 3 amide bonds. The molecule has 0 aromatic heterocycles. The zero-order valence-corrected chi connectivity index (χ0v) is 25.1. The van der Waals surface area contributed by atoms with Gasteiger partial charge in [-0.3, -0.25) is 14.4 Å². The molecule has 2 unspecified atom stereocenters. The van der Waals surface area contributed by atoms with Crippen LogP contribution in [0.3, 0.4) is 0 Å². The number of fused-ring (bicyclic) bond motifs is 1. The summed E-state index contributed by atoms with van der Waals surface area (Å²) < 4.78 is 6.65. The first-order valence-corrected chi connectivity index (χ1v) is 14.7. The molecule has 0 radical (unpaired) electrons. The minimum absolute atomic E-state index is 0.0175. The fourth-order valence-corrected chi connectivity index (χ4v) is 7.58. The number of aliphatic hydroxyl groups excluding tert-OH is 1. The standard InChI is InChI=1S/C31H51N3O5/c1-9-16-32(17-10-2)26(36)23-22-14-15-31(39-22)24(23)27(37)33(19-12-13-20-35)25(31)28(38)34(18-11-3)30(7,8)21-29(4,5)6/h9,11,22-25,35H,1,3,10,12-21H2,2,4-8H3/t22-,23+,24+,25?,31?/m1/s1. The Balaban J connectivity index is 2.06. The number of carbonyl (C=O) groups excluding carboxylic acids is 3. The Kier molecular flexibility index (Phi) is 9.75. The third-order valence-electron chi connectivity index (χ3n) is 8.55. The molecule has 3 heterocycles. The fourth-order valence-electron chi connectivity index (χ4n) is 7.58. The van der Waals surface area contributed by atoms with Gasteiger partial charge in [-0.15, -0.1) is 13.2 Å². The Morgan fingerprint density at radius 2 is 1.79 bits per heavy atom. The molecule has 1 spiro atoms. The van der Waals surface area contributed by atoms with Gasteiger partial charge >= 0.3 is 0 Å². The van der Waals surface area contributed by atoms with E-state index in [-0.39, 0.29) is 35.8 Å². The number of unbranched alkanes of at least 4 members (excludes halogenated alkanes) is 1. The number of carbonyl (C=O) groups is 3. The van der Waals surface area contributed by atoms with Crippen molar-refractivity contribution < 1.29 is 24.2 Å². The highest BCUT2D eigenvalue weighted by Crippen LogP contribution is 2.59. The molecule has 2 bridgehead atoms. The maximum Gasteiger partial charge on any atom is 0.249 e. The lowest BCUT2D eigenvalue weighted by atomic mass is 9.70. The van der Waals surface area contributed by atoms with E-state index in [1.807, 2.05) is 11.8 Å². The van der Waals surface area contributed by atoms with Crippen LogP contribution < -0.4 is 0 Å². The minimum atomic E-state index is -1.03. The molecule has 8 heteroatoms. The van der Waals surface area contributed by atoms with Gasteiger partial charge in [0.25, 0.3) is 0 Å². The van der Waals surface area contributed by atoms with Crippen molar-refractivity contribution >= 4 is 17.7 Å². The molecule has 3 fully saturated rings. The fraction of sp³-hybridized carbons (Fsp3) is 0.774. The van der Waals surface area contributed by atoms with Gasteiger partial charge in [0.1, 0.15) is 11.6 Å². The van der Waals surface area contributed by atoms with Crippen molar-refractivity contribution in [1.29, 1.82) is 0 Å². The average molecular weight is 546 g/mol. The van der Waals surface area contributed by atoms with Crippen molar-refractivity contribution in [3.63, 3.8) is 0 Å². The third-order valence-corrected chi connectivity index (χ3v) is 8.55. The summed E-state index contributed by atoms with van der Waals surface area (Å²) in [5.41, 5.74) is -1.54. The molecule has 0 saturated carbocycles. The van der Waals surface area contributed by atoms with Crippen LogP contribution in [0.5, 0.6) is 0 Å². The second-order valence-electron chi connectivity index (χ2n) is 13.4. The Morgan fingerprint density at radius 1 is 1.13 bits per heavy atom. The molecule has 0 aromatic rings. The largest absolute Gasteiger partial charge is 0.396 e. The molecule has 3 rings (SSSR count). The van der Waals surface area contributed by atoms with E-state index in [1.165, 1.54) is 0 Å². The summed E-state index contributed by atoms with van der Waals surface area (Å²) >= 11 is 0. The Labute approximate surface area is 235 Å². The maximum atomic E-state index is 14.6. The van der Waals surface area contributed by atoms with Crippen LogP contribution in [0.15, 0.2) is 25.3 Å². The van der Waals surface area contributed by atoms with Crippen LogP contribution in [0.2, 0.25) is 0 Å². The number of ether oxygens (including phenoxy) is 1. The molecule has 8 nitrogen and oxygen atoms in total. The third kappa shape index (κ3) is 5.97. The van der Waals surface area contributed by atoms with Crippen molar-refractivity contribution in [1.82, 2.24) is 14.7 Å². The molecule has 39 heavy (non-hydrogen) atoms. The van der Waals surface area contributed by atoms with Crippen molar-refractivity contribution in [2.45, 2.75) is 103 Å². The smallest absolute Gasteiger partial charge is 0.249 e. The second-order valence-corrected chi connectivity index (χ2v) is 13.4. The topological polar surface area (TPSA) is 90.4 Å². The van der Waals surface area contributed by atoms with E-state index < -0.39 is 29.0 Å². The molecule has 5 atom stereocenters. The summed E-state index contributed by atoms with van der Waals surface area (Å²) in [6.07, 6.45) is 6.96. The van der Waals surface area contributed by atoms with Crippen LogP contribution in [0, 0.1) is 17.3 Å². The predicted molar refractivity (Wildman–Crippen MR) is 153 cm³/mol. The molecular weight excluding hydrogens is 494 g/mol. The Morgan fingerprint density at radius 3 is 2.36 bits per heavy atom. The lowest BCUT2D eigenvalue weighted by Crippen LogP contribution is -2.61. The first kappa shape index (κ1) is 31.3. The van der Waals surface area contributed by atoms with Gasteiger partial charge in [-0.1, -0.05) is 39.8 Å².